The number of carbonyl (C=O) groups excluding carboxylic acids is 1. The van der Waals surface area contributed by atoms with Crippen LogP contribution in [0.4, 0.5) is 0 Å². The van der Waals surface area contributed by atoms with Gasteiger partial charge in [-0.05, 0) is 24.5 Å². The van der Waals surface area contributed by atoms with E-state index in [1.54, 1.807) is 20.1 Å². The molecule has 3 rings (SSSR count). The van der Waals surface area contributed by atoms with Crippen LogP contribution in [-0.2, 0) is 6.42 Å². The summed E-state index contributed by atoms with van der Waals surface area (Å²) in [6.07, 6.45) is 3.31. The van der Waals surface area contributed by atoms with Crippen LogP contribution in [0.5, 0.6) is 23.0 Å². The maximum Gasteiger partial charge on any atom is 0.154 e. The number of carbonyl (C=O) groups is 1. The van der Waals surface area contributed by atoms with Gasteiger partial charge in [0.25, 0.3) is 0 Å². The van der Waals surface area contributed by atoms with Crippen molar-refractivity contribution in [2.75, 3.05) is 28.4 Å². The molecule has 2 aromatic rings. The Kier molecular flexibility index (Phi) is 5.77. The second-order valence-electron chi connectivity index (χ2n) is 6.18. The van der Waals surface area contributed by atoms with Crippen molar-refractivity contribution in [1.82, 2.24) is 0 Å². The van der Waals surface area contributed by atoms with Crippen molar-refractivity contribution in [1.29, 1.82) is 0 Å². The molecule has 0 radical (unpaired) electrons. The van der Waals surface area contributed by atoms with Crippen molar-refractivity contribution in [3.63, 3.8) is 0 Å². The smallest absolute Gasteiger partial charge is 0.154 e. The topological polar surface area (TPSA) is 54.0 Å². The van der Waals surface area contributed by atoms with Crippen molar-refractivity contribution in [3.05, 3.63) is 50.0 Å². The maximum atomic E-state index is 12.0. The van der Waals surface area contributed by atoms with Crippen molar-refractivity contribution in [2.45, 2.75) is 13.3 Å². The quantitative estimate of drug-likeness (QED) is 0.603. The van der Waals surface area contributed by atoms with Crippen LogP contribution in [0.2, 0.25) is 10.0 Å². The van der Waals surface area contributed by atoms with Crippen LogP contribution in [0.15, 0.2) is 12.1 Å². The van der Waals surface area contributed by atoms with Crippen LogP contribution in [0.1, 0.15) is 32.6 Å². The molecule has 0 unspecified atom stereocenters. The van der Waals surface area contributed by atoms with Gasteiger partial charge in [-0.25, -0.2) is 0 Å². The molecule has 0 amide bonds. The molecule has 0 fully saturated rings. The van der Waals surface area contributed by atoms with E-state index in [9.17, 15) is 4.79 Å². The predicted octanol–water partition coefficient (Wildman–Crippen LogP) is 5.14. The Morgan fingerprint density at radius 3 is 1.93 bits per heavy atom. The molecule has 0 aromatic heterocycles. The summed E-state index contributed by atoms with van der Waals surface area (Å²) in [6.45, 7) is 1.79. The number of allylic oxidation sites excluding steroid dienone is 1. The molecule has 0 bridgehead atoms. The fourth-order valence-electron chi connectivity index (χ4n) is 3.59. The lowest BCUT2D eigenvalue weighted by Crippen LogP contribution is -2.05. The molecule has 5 nitrogen and oxygen atoms in total. The van der Waals surface area contributed by atoms with Gasteiger partial charge < -0.3 is 18.9 Å². The number of rotatable bonds is 6. The summed E-state index contributed by atoms with van der Waals surface area (Å²) in [4.78, 5) is 12.0. The van der Waals surface area contributed by atoms with Crippen LogP contribution in [-0.4, -0.2) is 34.7 Å². The normalized spacial score (nSPS) is 12.3. The van der Waals surface area contributed by atoms with Gasteiger partial charge >= 0.3 is 0 Å². The third-order valence-corrected chi connectivity index (χ3v) is 5.83. The van der Waals surface area contributed by atoms with Gasteiger partial charge in [-0.2, -0.15) is 0 Å². The molecule has 0 atom stereocenters. The van der Waals surface area contributed by atoms with E-state index in [4.69, 9.17) is 42.1 Å². The Hall–Kier alpha value is -2.37. The summed E-state index contributed by atoms with van der Waals surface area (Å²) in [6, 6.07) is 1.71. The minimum atomic E-state index is 0.389. The van der Waals surface area contributed by atoms with E-state index in [1.807, 2.05) is 6.08 Å². The highest BCUT2D eigenvalue weighted by Crippen LogP contribution is 2.52. The molecule has 2 aromatic carbocycles. The first-order valence-corrected chi connectivity index (χ1v) is 9.24. The zero-order valence-electron chi connectivity index (χ0n) is 16.2. The van der Waals surface area contributed by atoms with Gasteiger partial charge in [0.2, 0.25) is 0 Å². The summed E-state index contributed by atoms with van der Waals surface area (Å²) in [7, 11) is 6.14. The Labute approximate surface area is 173 Å². The molecule has 0 aliphatic heterocycles. The zero-order valence-corrected chi connectivity index (χ0v) is 17.7. The van der Waals surface area contributed by atoms with Gasteiger partial charge in [0.1, 0.15) is 23.0 Å². The summed E-state index contributed by atoms with van der Waals surface area (Å²) < 4.78 is 22.1. The van der Waals surface area contributed by atoms with E-state index < -0.39 is 0 Å². The van der Waals surface area contributed by atoms with Crippen molar-refractivity contribution in [2.24, 2.45) is 0 Å². The van der Waals surface area contributed by atoms with Gasteiger partial charge in [-0.1, -0.05) is 29.3 Å². The Morgan fingerprint density at radius 2 is 1.46 bits per heavy atom. The van der Waals surface area contributed by atoms with Crippen molar-refractivity contribution in [3.8, 4) is 23.0 Å². The summed E-state index contributed by atoms with van der Waals surface area (Å²) in [5.41, 5.74) is 3.95. The van der Waals surface area contributed by atoms with E-state index in [0.717, 1.165) is 17.4 Å². The average molecular weight is 423 g/mol. The number of benzene rings is 2. The second-order valence-corrected chi connectivity index (χ2v) is 6.94. The Bertz CT molecular complexity index is 964. The highest BCUT2D eigenvalue weighted by Gasteiger charge is 2.32. The monoisotopic (exact) mass is 422 g/mol. The lowest BCUT2D eigenvalue weighted by atomic mass is 9.91. The number of ether oxygens (including phenoxy) is 4. The highest BCUT2D eigenvalue weighted by molar-refractivity contribution is 6.38. The molecule has 28 heavy (non-hydrogen) atoms. The van der Waals surface area contributed by atoms with Gasteiger partial charge in [-0.15, -0.1) is 0 Å². The standard InChI is InChI=1S/C21H20Cl2O5/c1-10-18(22)20(27-4)17(21(28-5)19(10)23)12-7-6-11-14(25-2)8-15(26-3)13(9-24)16(11)12/h7-9H,6H2,1-5H3. The molecule has 7 heteroatoms. The predicted molar refractivity (Wildman–Crippen MR) is 110 cm³/mol. The minimum absolute atomic E-state index is 0.389. The van der Waals surface area contributed by atoms with E-state index >= 15 is 0 Å². The Morgan fingerprint density at radius 1 is 0.893 bits per heavy atom. The van der Waals surface area contributed by atoms with E-state index in [0.29, 0.717) is 61.7 Å². The van der Waals surface area contributed by atoms with E-state index in [-0.39, 0.29) is 0 Å². The number of hydrogen-bond donors (Lipinski definition) is 0. The number of halogens is 2. The molecule has 1 aliphatic carbocycles. The minimum Gasteiger partial charge on any atom is -0.496 e. The number of hydrogen-bond acceptors (Lipinski definition) is 5. The molecule has 0 saturated heterocycles. The third kappa shape index (κ3) is 2.90. The lowest BCUT2D eigenvalue weighted by molar-refractivity contribution is 0.112. The first-order chi connectivity index (χ1) is 13.4. The van der Waals surface area contributed by atoms with Crippen LogP contribution < -0.4 is 18.9 Å². The second kappa shape index (κ2) is 7.94. The molecule has 1 aliphatic rings. The van der Waals surface area contributed by atoms with Crippen LogP contribution >= 0.6 is 23.2 Å². The van der Waals surface area contributed by atoms with Crippen molar-refractivity contribution >= 4 is 35.1 Å². The molecule has 0 heterocycles. The largest absolute Gasteiger partial charge is 0.496 e. The fraction of sp³-hybridized carbons (Fsp3) is 0.286. The first kappa shape index (κ1) is 20.4. The molecular weight excluding hydrogens is 403 g/mol. The molecule has 148 valence electrons. The molecule has 0 N–H and O–H groups in total. The highest BCUT2D eigenvalue weighted by atomic mass is 35.5. The maximum absolute atomic E-state index is 12.0. The van der Waals surface area contributed by atoms with Crippen molar-refractivity contribution < 1.29 is 23.7 Å². The first-order valence-electron chi connectivity index (χ1n) is 8.48. The van der Waals surface area contributed by atoms with Gasteiger partial charge in [0.05, 0.1) is 49.6 Å². The Balaban J connectivity index is 2.42. The van der Waals surface area contributed by atoms with Gasteiger partial charge in [0, 0.05) is 17.2 Å². The average Bonchev–Trinajstić information content (AvgIpc) is 3.15. The number of methoxy groups -OCH3 is 4. The zero-order chi connectivity index (χ0) is 20.6. The number of fused-ring (bicyclic) bond motifs is 1. The van der Waals surface area contributed by atoms with Crippen LogP contribution in [0, 0.1) is 6.92 Å². The van der Waals surface area contributed by atoms with Gasteiger partial charge in [-0.3, -0.25) is 4.79 Å². The lowest BCUT2D eigenvalue weighted by Gasteiger charge is -2.21. The summed E-state index contributed by atoms with van der Waals surface area (Å²) >= 11 is 13.0. The van der Waals surface area contributed by atoms with E-state index in [1.165, 1.54) is 21.3 Å². The molecular formula is C21H20Cl2O5. The summed E-state index contributed by atoms with van der Waals surface area (Å²) in [5.74, 6) is 1.91. The molecule has 0 spiro atoms. The third-order valence-electron chi connectivity index (χ3n) is 4.92. The van der Waals surface area contributed by atoms with Crippen LogP contribution in [0.25, 0.3) is 5.57 Å². The number of aldehydes is 1. The van der Waals surface area contributed by atoms with Gasteiger partial charge in [0.15, 0.2) is 6.29 Å². The summed E-state index contributed by atoms with van der Waals surface area (Å²) in [5, 5.41) is 0.778. The van der Waals surface area contributed by atoms with E-state index in [2.05, 4.69) is 0 Å². The SMILES string of the molecule is COc1cc(OC)c2c(c1C=O)C(c1c(OC)c(Cl)c(C)c(Cl)c1OC)=CC2. The van der Waals surface area contributed by atoms with Crippen LogP contribution in [0.3, 0.4) is 0 Å². The molecule has 0 saturated carbocycles. The fourth-order valence-corrected chi connectivity index (χ4v) is 4.17.